The van der Waals surface area contributed by atoms with Gasteiger partial charge in [-0.2, -0.15) is 14.8 Å². The van der Waals surface area contributed by atoms with Gasteiger partial charge in [0.15, 0.2) is 0 Å². The zero-order chi connectivity index (χ0) is 18.1. The highest BCUT2D eigenvalue weighted by Crippen LogP contribution is 2.24. The second-order valence-corrected chi connectivity index (χ2v) is 6.10. The monoisotopic (exact) mass is 365 g/mol. The topological polar surface area (TPSA) is 87.4 Å². The Morgan fingerprint density at radius 3 is 2.65 bits per heavy atom. The smallest absolute Gasteiger partial charge is 0.235 e. The summed E-state index contributed by atoms with van der Waals surface area (Å²) >= 11 is 5.94. The van der Waals surface area contributed by atoms with Gasteiger partial charge in [-0.3, -0.25) is 4.98 Å². The van der Waals surface area contributed by atoms with Gasteiger partial charge in [0.05, 0.1) is 11.7 Å². The van der Waals surface area contributed by atoms with Crippen molar-refractivity contribution in [1.82, 2.24) is 29.3 Å². The number of hydrogen-bond acceptors (Lipinski definition) is 5. The van der Waals surface area contributed by atoms with Gasteiger partial charge in [-0.1, -0.05) is 35.9 Å². The Labute approximate surface area is 154 Å². The summed E-state index contributed by atoms with van der Waals surface area (Å²) in [6, 6.07) is 7.65. The number of hydrogen-bond donors (Lipinski definition) is 1. The van der Waals surface area contributed by atoms with Crippen LogP contribution in [0.15, 0.2) is 43.0 Å². The third kappa shape index (κ3) is 2.82. The summed E-state index contributed by atoms with van der Waals surface area (Å²) in [6.07, 6.45) is 8.99. The van der Waals surface area contributed by atoms with E-state index < -0.39 is 0 Å². The first kappa shape index (κ1) is 16.3. The van der Waals surface area contributed by atoms with Gasteiger partial charge in [-0.05, 0) is 24.6 Å². The molecule has 4 rings (SSSR count). The van der Waals surface area contributed by atoms with Crippen molar-refractivity contribution in [2.45, 2.75) is 13.5 Å². The number of nitrogen functional groups attached to an aromatic ring is 1. The van der Waals surface area contributed by atoms with Crippen molar-refractivity contribution < 1.29 is 0 Å². The van der Waals surface area contributed by atoms with Gasteiger partial charge >= 0.3 is 0 Å². The lowest BCUT2D eigenvalue weighted by Crippen LogP contribution is -2.10. The molecule has 0 unspecified atom stereocenters. The van der Waals surface area contributed by atoms with Crippen LogP contribution in [0.1, 0.15) is 18.1 Å². The lowest BCUT2D eigenvalue weighted by molar-refractivity contribution is 0.705. The molecule has 0 atom stereocenters. The Kier molecular flexibility index (Phi) is 4.14. The van der Waals surface area contributed by atoms with Gasteiger partial charge in [0.1, 0.15) is 11.8 Å². The number of imidazole rings is 1. The molecule has 0 spiro atoms. The van der Waals surface area contributed by atoms with Gasteiger partial charge in [0.25, 0.3) is 0 Å². The number of benzene rings is 1. The van der Waals surface area contributed by atoms with Crippen molar-refractivity contribution in [3.05, 3.63) is 59.1 Å². The molecule has 130 valence electrons. The fraction of sp³-hybridized carbons (Fsp3) is 0.111. The molecule has 0 amide bonds. The number of rotatable bonds is 4. The van der Waals surface area contributed by atoms with E-state index in [1.54, 1.807) is 6.20 Å². The number of nitrogens with two attached hydrogens (primary N) is 1. The van der Waals surface area contributed by atoms with Crippen LogP contribution in [0, 0.1) is 0 Å². The molecular formula is C18H16ClN7. The summed E-state index contributed by atoms with van der Waals surface area (Å²) in [5, 5.41) is 4.88. The number of anilines is 1. The van der Waals surface area contributed by atoms with E-state index in [-0.39, 0.29) is 0 Å². The largest absolute Gasteiger partial charge is 0.368 e. The van der Waals surface area contributed by atoms with Crippen LogP contribution < -0.4 is 5.73 Å². The molecule has 2 N–H and O–H groups in total. The summed E-state index contributed by atoms with van der Waals surface area (Å²) in [6.45, 7) is 2.75. The second kappa shape index (κ2) is 6.61. The normalized spacial score (nSPS) is 11.6. The van der Waals surface area contributed by atoms with Crippen LogP contribution in [0.3, 0.4) is 0 Å². The van der Waals surface area contributed by atoms with Gasteiger partial charge in [0, 0.05) is 23.3 Å². The summed E-state index contributed by atoms with van der Waals surface area (Å²) < 4.78 is 3.57. The Hall–Kier alpha value is -3.19. The SMILES string of the molecule is CCn1c(-n2ncnc2N)nc2cncc(C=Cc3ccc(Cl)cc3)c21. The van der Waals surface area contributed by atoms with Crippen LogP contribution in [0.5, 0.6) is 0 Å². The molecule has 3 heterocycles. The number of nitrogens with zero attached hydrogens (tertiary/aromatic N) is 6. The summed E-state index contributed by atoms with van der Waals surface area (Å²) in [5.74, 6) is 0.910. The molecule has 0 saturated heterocycles. The quantitative estimate of drug-likeness (QED) is 0.598. The van der Waals surface area contributed by atoms with Crippen LogP contribution in [0.2, 0.25) is 5.02 Å². The van der Waals surface area contributed by atoms with E-state index in [4.69, 9.17) is 17.3 Å². The summed E-state index contributed by atoms with van der Waals surface area (Å²) in [5.41, 5.74) is 9.65. The zero-order valence-corrected chi connectivity index (χ0v) is 14.8. The number of pyridine rings is 1. The predicted octanol–water partition coefficient (Wildman–Crippen LogP) is 3.44. The van der Waals surface area contributed by atoms with Gasteiger partial charge < -0.3 is 10.3 Å². The van der Waals surface area contributed by atoms with Gasteiger partial charge in [0.2, 0.25) is 11.9 Å². The van der Waals surface area contributed by atoms with Crippen LogP contribution in [-0.2, 0) is 6.54 Å². The maximum absolute atomic E-state index is 5.94. The highest BCUT2D eigenvalue weighted by Gasteiger charge is 2.16. The lowest BCUT2D eigenvalue weighted by Gasteiger charge is -2.07. The van der Waals surface area contributed by atoms with Crippen LogP contribution in [-0.4, -0.2) is 29.3 Å². The van der Waals surface area contributed by atoms with E-state index >= 15 is 0 Å². The minimum absolute atomic E-state index is 0.293. The zero-order valence-electron chi connectivity index (χ0n) is 14.0. The molecule has 1 aromatic carbocycles. The number of halogens is 1. The van der Waals surface area contributed by atoms with Crippen molar-refractivity contribution in [2.24, 2.45) is 0 Å². The molecular weight excluding hydrogens is 350 g/mol. The average Bonchev–Trinajstić information content (AvgIpc) is 3.24. The minimum atomic E-state index is 0.293. The summed E-state index contributed by atoms with van der Waals surface area (Å²) in [4.78, 5) is 12.9. The van der Waals surface area contributed by atoms with Crippen LogP contribution in [0.25, 0.3) is 29.1 Å². The van der Waals surface area contributed by atoms with E-state index in [1.807, 2.05) is 54.1 Å². The molecule has 0 aliphatic rings. The van der Waals surface area contributed by atoms with E-state index in [2.05, 4.69) is 20.1 Å². The molecule has 0 aliphatic heterocycles. The minimum Gasteiger partial charge on any atom is -0.368 e. The highest BCUT2D eigenvalue weighted by atomic mass is 35.5. The third-order valence-corrected chi connectivity index (χ3v) is 4.32. The van der Waals surface area contributed by atoms with Crippen molar-refractivity contribution in [3.63, 3.8) is 0 Å². The number of aromatic nitrogens is 6. The molecule has 0 aliphatic carbocycles. The fourth-order valence-electron chi connectivity index (χ4n) is 2.85. The van der Waals surface area contributed by atoms with Crippen LogP contribution in [0.4, 0.5) is 5.95 Å². The first-order valence-corrected chi connectivity index (χ1v) is 8.49. The second-order valence-electron chi connectivity index (χ2n) is 5.67. The molecule has 26 heavy (non-hydrogen) atoms. The Morgan fingerprint density at radius 1 is 1.15 bits per heavy atom. The van der Waals surface area contributed by atoms with E-state index in [9.17, 15) is 0 Å². The van der Waals surface area contributed by atoms with E-state index in [0.717, 1.165) is 22.2 Å². The summed E-state index contributed by atoms with van der Waals surface area (Å²) in [7, 11) is 0. The van der Waals surface area contributed by atoms with Crippen molar-refractivity contribution in [3.8, 4) is 5.95 Å². The Bertz CT molecular complexity index is 1090. The molecule has 0 fully saturated rings. The van der Waals surface area contributed by atoms with Gasteiger partial charge in [-0.15, -0.1) is 0 Å². The average molecular weight is 366 g/mol. The Balaban J connectivity index is 1.84. The number of aryl methyl sites for hydroxylation is 1. The fourth-order valence-corrected chi connectivity index (χ4v) is 2.98. The maximum Gasteiger partial charge on any atom is 0.235 e. The standard InChI is InChI=1S/C18H16ClN7/c1-2-25-16-13(6-3-12-4-7-14(19)8-5-12)9-21-10-15(16)24-18(25)26-17(20)22-11-23-26/h3-11H,2H2,1H3,(H2,20,22,23). The maximum atomic E-state index is 5.94. The molecule has 4 aromatic rings. The van der Waals surface area contributed by atoms with E-state index in [1.165, 1.54) is 11.0 Å². The molecule has 0 saturated carbocycles. The molecule has 0 radical (unpaired) electrons. The van der Waals surface area contributed by atoms with Crippen LogP contribution >= 0.6 is 11.6 Å². The first-order chi connectivity index (χ1) is 12.7. The lowest BCUT2D eigenvalue weighted by atomic mass is 10.1. The van der Waals surface area contributed by atoms with Crippen molar-refractivity contribution in [2.75, 3.05) is 5.73 Å². The van der Waals surface area contributed by atoms with E-state index in [0.29, 0.717) is 23.5 Å². The predicted molar refractivity (Wildman–Crippen MR) is 103 cm³/mol. The molecule has 7 nitrogen and oxygen atoms in total. The Morgan fingerprint density at radius 2 is 1.96 bits per heavy atom. The van der Waals surface area contributed by atoms with Gasteiger partial charge in [-0.25, -0.2) is 4.98 Å². The number of fused-ring (bicyclic) bond motifs is 1. The highest BCUT2D eigenvalue weighted by molar-refractivity contribution is 6.30. The first-order valence-electron chi connectivity index (χ1n) is 8.11. The molecule has 3 aromatic heterocycles. The van der Waals surface area contributed by atoms with Crippen molar-refractivity contribution >= 4 is 40.7 Å². The molecule has 0 bridgehead atoms. The third-order valence-electron chi connectivity index (χ3n) is 4.06. The van der Waals surface area contributed by atoms with Crippen molar-refractivity contribution in [1.29, 1.82) is 0 Å². The molecule has 8 heteroatoms.